The molecule has 0 radical (unpaired) electrons. The fourth-order valence-corrected chi connectivity index (χ4v) is 5.90. The van der Waals surface area contributed by atoms with E-state index < -0.39 is 10.0 Å². The van der Waals surface area contributed by atoms with E-state index in [1.165, 1.54) is 5.57 Å². The molecule has 5 nitrogen and oxygen atoms in total. The molecule has 1 atom stereocenters. The molecule has 1 unspecified atom stereocenters. The Morgan fingerprint density at radius 3 is 2.42 bits per heavy atom. The summed E-state index contributed by atoms with van der Waals surface area (Å²) < 4.78 is 39.4. The van der Waals surface area contributed by atoms with Crippen LogP contribution in [-0.2, 0) is 19.5 Å². The van der Waals surface area contributed by atoms with Gasteiger partial charge in [0.2, 0.25) is 10.0 Å². The van der Waals surface area contributed by atoms with Gasteiger partial charge in [0.05, 0.1) is 18.1 Å². The average Bonchev–Trinajstić information content (AvgIpc) is 3.28. The first kappa shape index (κ1) is 18.2. The van der Waals surface area contributed by atoms with Gasteiger partial charge in [0.15, 0.2) is 5.79 Å². The van der Waals surface area contributed by atoms with Gasteiger partial charge in [-0.15, -0.1) is 0 Å². The van der Waals surface area contributed by atoms with Crippen molar-refractivity contribution >= 4 is 10.0 Å². The number of rotatable bonds is 3. The summed E-state index contributed by atoms with van der Waals surface area (Å²) >= 11 is 0. The van der Waals surface area contributed by atoms with E-state index in [1.807, 2.05) is 19.1 Å². The first-order chi connectivity index (χ1) is 12.5. The largest absolute Gasteiger partial charge is 0.348 e. The van der Waals surface area contributed by atoms with E-state index in [4.69, 9.17) is 9.47 Å². The minimum absolute atomic E-state index is 0.0317. The van der Waals surface area contributed by atoms with E-state index in [9.17, 15) is 8.42 Å². The maximum absolute atomic E-state index is 13.1. The van der Waals surface area contributed by atoms with Crippen molar-refractivity contribution in [2.45, 2.75) is 62.2 Å². The molecule has 1 aromatic carbocycles. The molecule has 142 valence electrons. The molecule has 0 bridgehead atoms. The van der Waals surface area contributed by atoms with E-state index in [0.717, 1.165) is 44.1 Å². The first-order valence-electron chi connectivity index (χ1n) is 9.55. The quantitative estimate of drug-likeness (QED) is 0.758. The monoisotopic (exact) mass is 377 g/mol. The Labute approximate surface area is 156 Å². The number of benzene rings is 1. The molecule has 1 aliphatic carbocycles. The van der Waals surface area contributed by atoms with Gasteiger partial charge in [-0.25, -0.2) is 8.42 Å². The molecule has 3 aliphatic rings. The molecule has 3 fully saturated rings. The highest BCUT2D eigenvalue weighted by atomic mass is 32.2. The van der Waals surface area contributed by atoms with Crippen LogP contribution in [0, 0.1) is 6.92 Å². The average molecular weight is 378 g/mol. The number of ether oxygens (including phenoxy) is 2. The van der Waals surface area contributed by atoms with Gasteiger partial charge in [-0.05, 0) is 44.7 Å². The lowest BCUT2D eigenvalue weighted by Crippen LogP contribution is -2.36. The molecule has 1 aromatic rings. The summed E-state index contributed by atoms with van der Waals surface area (Å²) in [4.78, 5) is 0.392. The van der Waals surface area contributed by atoms with Crippen LogP contribution in [0.25, 0.3) is 0 Å². The molecule has 0 N–H and O–H groups in total. The molecule has 0 aromatic heterocycles. The van der Waals surface area contributed by atoms with E-state index in [-0.39, 0.29) is 11.8 Å². The number of sulfonamides is 1. The Kier molecular flexibility index (Phi) is 4.94. The van der Waals surface area contributed by atoms with Crippen LogP contribution in [0.15, 0.2) is 40.8 Å². The zero-order valence-electron chi connectivity index (χ0n) is 15.3. The Balaban J connectivity index is 1.49. The highest BCUT2D eigenvalue weighted by molar-refractivity contribution is 7.89. The summed E-state index contributed by atoms with van der Waals surface area (Å²) in [7, 11) is -3.44. The third-order valence-electron chi connectivity index (χ3n) is 5.77. The Hall–Kier alpha value is -1.21. The lowest BCUT2D eigenvalue weighted by Gasteiger charge is -2.33. The van der Waals surface area contributed by atoms with Crippen molar-refractivity contribution in [1.82, 2.24) is 4.31 Å². The lowest BCUT2D eigenvalue weighted by atomic mass is 9.88. The molecule has 2 saturated heterocycles. The summed E-state index contributed by atoms with van der Waals surface area (Å²) in [6.07, 6.45) is 7.60. The predicted molar refractivity (Wildman–Crippen MR) is 99.3 cm³/mol. The van der Waals surface area contributed by atoms with Crippen LogP contribution in [-0.4, -0.2) is 44.3 Å². The van der Waals surface area contributed by atoms with Crippen molar-refractivity contribution in [2.75, 3.05) is 19.8 Å². The molecule has 6 heteroatoms. The second kappa shape index (κ2) is 7.08. The Morgan fingerprint density at radius 2 is 1.77 bits per heavy atom. The van der Waals surface area contributed by atoms with Crippen LogP contribution in [0.2, 0.25) is 0 Å². The molecule has 2 aliphatic heterocycles. The summed E-state index contributed by atoms with van der Waals surface area (Å²) in [5.74, 6) is -0.374. The van der Waals surface area contributed by atoms with Crippen molar-refractivity contribution in [1.29, 1.82) is 0 Å². The van der Waals surface area contributed by atoms with Crippen molar-refractivity contribution in [3.63, 3.8) is 0 Å². The molecule has 26 heavy (non-hydrogen) atoms. The molecular formula is C20H27NO4S. The molecule has 0 amide bonds. The van der Waals surface area contributed by atoms with Gasteiger partial charge in [0.1, 0.15) is 0 Å². The zero-order chi connectivity index (χ0) is 18.2. The second-order valence-electron chi connectivity index (χ2n) is 7.57. The number of hydrogen-bond acceptors (Lipinski definition) is 4. The van der Waals surface area contributed by atoms with Crippen molar-refractivity contribution < 1.29 is 17.9 Å². The van der Waals surface area contributed by atoms with Crippen molar-refractivity contribution in [2.24, 2.45) is 0 Å². The van der Waals surface area contributed by atoms with E-state index in [1.54, 1.807) is 16.4 Å². The second-order valence-corrected chi connectivity index (χ2v) is 9.46. The molecule has 1 spiro atoms. The normalized spacial score (nSPS) is 26.5. The molecule has 2 heterocycles. The topological polar surface area (TPSA) is 55.8 Å². The van der Waals surface area contributed by atoms with E-state index >= 15 is 0 Å². The summed E-state index contributed by atoms with van der Waals surface area (Å²) in [6.45, 7) is 3.93. The first-order valence-corrected chi connectivity index (χ1v) is 11.0. The van der Waals surface area contributed by atoms with Crippen LogP contribution in [0.4, 0.5) is 0 Å². The van der Waals surface area contributed by atoms with Gasteiger partial charge >= 0.3 is 0 Å². The van der Waals surface area contributed by atoms with Crippen LogP contribution < -0.4 is 0 Å². The Morgan fingerprint density at radius 1 is 1.12 bits per heavy atom. The highest BCUT2D eigenvalue weighted by Gasteiger charge is 2.40. The minimum atomic E-state index is -3.44. The van der Waals surface area contributed by atoms with E-state index in [2.05, 4.69) is 6.08 Å². The summed E-state index contributed by atoms with van der Waals surface area (Å²) in [6, 6.07) is 7.12. The summed E-state index contributed by atoms with van der Waals surface area (Å²) in [5, 5.41) is 0. The number of nitrogens with zero attached hydrogens (tertiary/aromatic N) is 1. The molecular weight excluding hydrogens is 350 g/mol. The standard InChI is InChI=1S/C20H27NO4S/c1-16-4-6-19(7-5-16)26(22,23)21-12-2-3-18(21)15-17-8-10-20(11-9-17)24-13-14-25-20/h4-7,15,18H,2-3,8-14H2,1H3. The van der Waals surface area contributed by atoms with Gasteiger partial charge in [0, 0.05) is 25.4 Å². The zero-order valence-corrected chi connectivity index (χ0v) is 16.1. The predicted octanol–water partition coefficient (Wildman–Crippen LogP) is 3.39. The third-order valence-corrected chi connectivity index (χ3v) is 7.71. The smallest absolute Gasteiger partial charge is 0.243 e. The minimum Gasteiger partial charge on any atom is -0.348 e. The van der Waals surface area contributed by atoms with E-state index in [0.29, 0.717) is 24.7 Å². The van der Waals surface area contributed by atoms with Gasteiger partial charge in [0.25, 0.3) is 0 Å². The molecule has 1 saturated carbocycles. The van der Waals surface area contributed by atoms with Gasteiger partial charge in [-0.1, -0.05) is 29.3 Å². The number of allylic oxidation sites excluding steroid dienone is 1. The van der Waals surface area contributed by atoms with Crippen LogP contribution in [0.3, 0.4) is 0 Å². The SMILES string of the molecule is Cc1ccc(S(=O)(=O)N2CCCC2C=C2CCC3(CC2)OCCO3)cc1. The third kappa shape index (κ3) is 3.48. The van der Waals surface area contributed by atoms with Crippen LogP contribution >= 0.6 is 0 Å². The van der Waals surface area contributed by atoms with Crippen molar-refractivity contribution in [3.8, 4) is 0 Å². The number of hydrogen-bond donors (Lipinski definition) is 0. The van der Waals surface area contributed by atoms with Crippen molar-refractivity contribution in [3.05, 3.63) is 41.5 Å². The van der Waals surface area contributed by atoms with Crippen LogP contribution in [0.5, 0.6) is 0 Å². The molecule has 4 rings (SSSR count). The lowest BCUT2D eigenvalue weighted by molar-refractivity contribution is -0.171. The maximum Gasteiger partial charge on any atom is 0.243 e. The Bertz CT molecular complexity index is 767. The fraction of sp³-hybridized carbons (Fsp3) is 0.600. The highest BCUT2D eigenvalue weighted by Crippen LogP contribution is 2.39. The maximum atomic E-state index is 13.1. The van der Waals surface area contributed by atoms with Crippen LogP contribution in [0.1, 0.15) is 44.1 Å². The number of aryl methyl sites for hydroxylation is 1. The van der Waals surface area contributed by atoms with Gasteiger partial charge in [-0.3, -0.25) is 0 Å². The summed E-state index contributed by atoms with van der Waals surface area (Å²) in [5.41, 5.74) is 2.40. The fourth-order valence-electron chi connectivity index (χ4n) is 4.25. The van der Waals surface area contributed by atoms with Gasteiger partial charge < -0.3 is 9.47 Å². The van der Waals surface area contributed by atoms with Gasteiger partial charge in [-0.2, -0.15) is 4.31 Å².